The molecule has 3 rings (SSSR count). The van der Waals surface area contributed by atoms with Crippen molar-refractivity contribution in [1.29, 1.82) is 0 Å². The topological polar surface area (TPSA) is 58.4 Å². The fraction of sp³-hybridized carbons (Fsp3) is 0.692. The Hall–Kier alpha value is -1.50. The van der Waals surface area contributed by atoms with Crippen LogP contribution in [0.5, 0.6) is 0 Å². The summed E-state index contributed by atoms with van der Waals surface area (Å²) in [7, 11) is 0. The van der Waals surface area contributed by atoms with E-state index in [1.807, 2.05) is 0 Å². The number of nitrogens with one attached hydrogen (secondary N) is 1. The van der Waals surface area contributed by atoms with Crippen LogP contribution in [-0.4, -0.2) is 41.5 Å². The SMILES string of the molecule is Cc1cc(CN2CC(F)(F)C[C@@]3(CCNC3=O)C2)no1. The molecule has 2 aliphatic heterocycles. The van der Waals surface area contributed by atoms with Crippen molar-refractivity contribution in [3.8, 4) is 0 Å². The van der Waals surface area contributed by atoms with Gasteiger partial charge in [-0.2, -0.15) is 0 Å². The standard InChI is InChI=1S/C13H17F2N3O2/c1-9-4-10(17-20-9)5-18-7-12(2-3-16-11(12)19)6-13(14,15)8-18/h4H,2-3,5-8H2,1H3,(H,16,19)/t12-/m0/s1. The number of amides is 1. The summed E-state index contributed by atoms with van der Waals surface area (Å²) >= 11 is 0. The van der Waals surface area contributed by atoms with Gasteiger partial charge in [-0.3, -0.25) is 9.69 Å². The minimum atomic E-state index is -2.85. The molecule has 1 atom stereocenters. The number of likely N-dealkylation sites (tertiary alicyclic amines) is 1. The van der Waals surface area contributed by atoms with Crippen molar-refractivity contribution < 1.29 is 18.1 Å². The number of alkyl halides is 2. The average molecular weight is 285 g/mol. The number of carbonyl (C=O) groups is 1. The second-order valence-electron chi connectivity index (χ2n) is 5.89. The number of hydrogen-bond acceptors (Lipinski definition) is 4. The zero-order valence-electron chi connectivity index (χ0n) is 11.3. The fourth-order valence-corrected chi connectivity index (χ4v) is 3.29. The molecule has 3 heterocycles. The summed E-state index contributed by atoms with van der Waals surface area (Å²) in [5.41, 5.74) is -0.339. The van der Waals surface area contributed by atoms with Gasteiger partial charge in [0.2, 0.25) is 5.91 Å². The molecule has 0 aromatic carbocycles. The van der Waals surface area contributed by atoms with Crippen molar-refractivity contribution in [3.05, 3.63) is 17.5 Å². The van der Waals surface area contributed by atoms with Crippen LogP contribution in [0.15, 0.2) is 10.6 Å². The zero-order chi connectivity index (χ0) is 14.4. The van der Waals surface area contributed by atoms with Crippen molar-refractivity contribution in [3.63, 3.8) is 0 Å². The number of halogens is 2. The number of aromatic nitrogens is 1. The third-order valence-electron chi connectivity index (χ3n) is 4.01. The second kappa shape index (κ2) is 4.51. The van der Waals surface area contributed by atoms with E-state index in [2.05, 4.69) is 10.5 Å². The lowest BCUT2D eigenvalue weighted by Gasteiger charge is -2.42. The maximum Gasteiger partial charge on any atom is 0.261 e. The van der Waals surface area contributed by atoms with E-state index in [1.54, 1.807) is 17.9 Å². The van der Waals surface area contributed by atoms with E-state index in [4.69, 9.17) is 4.52 Å². The first-order chi connectivity index (χ1) is 9.39. The smallest absolute Gasteiger partial charge is 0.261 e. The molecule has 5 nitrogen and oxygen atoms in total. The third-order valence-corrected chi connectivity index (χ3v) is 4.01. The van der Waals surface area contributed by atoms with Crippen LogP contribution in [0.1, 0.15) is 24.3 Å². The molecule has 2 fully saturated rings. The first-order valence-electron chi connectivity index (χ1n) is 6.69. The van der Waals surface area contributed by atoms with Crippen LogP contribution in [-0.2, 0) is 11.3 Å². The van der Waals surface area contributed by atoms with Crippen molar-refractivity contribution in [1.82, 2.24) is 15.4 Å². The maximum absolute atomic E-state index is 14.0. The van der Waals surface area contributed by atoms with Crippen molar-refractivity contribution >= 4 is 5.91 Å². The normalized spacial score (nSPS) is 29.9. The van der Waals surface area contributed by atoms with Gasteiger partial charge < -0.3 is 9.84 Å². The highest BCUT2D eigenvalue weighted by molar-refractivity contribution is 5.85. The first kappa shape index (κ1) is 13.5. The fourth-order valence-electron chi connectivity index (χ4n) is 3.29. The lowest BCUT2D eigenvalue weighted by molar-refractivity contribution is -0.149. The van der Waals surface area contributed by atoms with Gasteiger partial charge in [-0.05, 0) is 13.3 Å². The van der Waals surface area contributed by atoms with Gasteiger partial charge in [0.05, 0.1) is 17.7 Å². The molecule has 0 unspecified atom stereocenters. The van der Waals surface area contributed by atoms with Gasteiger partial charge in [-0.25, -0.2) is 8.78 Å². The van der Waals surface area contributed by atoms with Gasteiger partial charge in [0, 0.05) is 32.1 Å². The summed E-state index contributed by atoms with van der Waals surface area (Å²) in [6.45, 7) is 2.52. The highest BCUT2D eigenvalue weighted by Crippen LogP contribution is 2.43. The number of nitrogens with zero attached hydrogens (tertiary/aromatic N) is 2. The highest BCUT2D eigenvalue weighted by Gasteiger charge is 2.54. The lowest BCUT2D eigenvalue weighted by atomic mass is 9.77. The van der Waals surface area contributed by atoms with Crippen molar-refractivity contribution in [2.24, 2.45) is 5.41 Å². The van der Waals surface area contributed by atoms with Crippen LogP contribution < -0.4 is 5.32 Å². The number of piperidine rings is 1. The largest absolute Gasteiger partial charge is 0.361 e. The van der Waals surface area contributed by atoms with E-state index in [9.17, 15) is 13.6 Å². The van der Waals surface area contributed by atoms with Gasteiger partial charge in [0.1, 0.15) is 5.76 Å². The molecular weight excluding hydrogens is 268 g/mol. The van der Waals surface area contributed by atoms with Crippen molar-refractivity contribution in [2.45, 2.75) is 32.2 Å². The third kappa shape index (κ3) is 2.42. The Kier molecular flexibility index (Phi) is 3.04. The van der Waals surface area contributed by atoms with Crippen molar-refractivity contribution in [2.75, 3.05) is 19.6 Å². The molecule has 1 amide bonds. The van der Waals surface area contributed by atoms with E-state index >= 15 is 0 Å². The van der Waals surface area contributed by atoms with Gasteiger partial charge >= 0.3 is 0 Å². The molecule has 1 N–H and O–H groups in total. The zero-order valence-corrected chi connectivity index (χ0v) is 11.3. The van der Waals surface area contributed by atoms with Gasteiger partial charge in [0.15, 0.2) is 0 Å². The molecule has 1 aromatic heterocycles. The molecule has 0 radical (unpaired) electrons. The molecule has 2 aliphatic rings. The quantitative estimate of drug-likeness (QED) is 0.890. The summed E-state index contributed by atoms with van der Waals surface area (Å²) in [5.74, 6) is -2.45. The lowest BCUT2D eigenvalue weighted by Crippen LogP contribution is -2.54. The van der Waals surface area contributed by atoms with Crippen LogP contribution >= 0.6 is 0 Å². The van der Waals surface area contributed by atoms with Crippen LogP contribution in [0.4, 0.5) is 8.78 Å². The second-order valence-corrected chi connectivity index (χ2v) is 5.89. The van der Waals surface area contributed by atoms with Crippen LogP contribution in [0.25, 0.3) is 0 Å². The van der Waals surface area contributed by atoms with E-state index in [0.717, 1.165) is 0 Å². The Bertz CT molecular complexity index is 531. The summed E-state index contributed by atoms with van der Waals surface area (Å²) in [5, 5.41) is 6.50. The average Bonchev–Trinajstić information content (AvgIpc) is 2.85. The number of aryl methyl sites for hydroxylation is 1. The van der Waals surface area contributed by atoms with Gasteiger partial charge in [0.25, 0.3) is 5.92 Å². The molecule has 0 saturated carbocycles. The maximum atomic E-state index is 14.0. The molecule has 2 saturated heterocycles. The summed E-state index contributed by atoms with van der Waals surface area (Å²) in [6.07, 6.45) is 0.107. The molecular formula is C13H17F2N3O2. The van der Waals surface area contributed by atoms with E-state index in [0.29, 0.717) is 31.0 Å². The van der Waals surface area contributed by atoms with Gasteiger partial charge in [-0.1, -0.05) is 5.16 Å². The van der Waals surface area contributed by atoms with E-state index < -0.39 is 11.3 Å². The first-order valence-corrected chi connectivity index (χ1v) is 6.69. The number of carbonyl (C=O) groups excluding carboxylic acids is 1. The Morgan fingerprint density at radius 2 is 2.30 bits per heavy atom. The minimum absolute atomic E-state index is 0.252. The summed E-state index contributed by atoms with van der Waals surface area (Å²) < 4.78 is 32.9. The summed E-state index contributed by atoms with van der Waals surface area (Å²) in [6, 6.07) is 1.73. The minimum Gasteiger partial charge on any atom is -0.361 e. The molecule has 0 bridgehead atoms. The highest BCUT2D eigenvalue weighted by atomic mass is 19.3. The Morgan fingerprint density at radius 1 is 1.50 bits per heavy atom. The number of hydrogen-bond donors (Lipinski definition) is 1. The van der Waals surface area contributed by atoms with E-state index in [1.165, 1.54) is 0 Å². The molecule has 7 heteroatoms. The Balaban J connectivity index is 1.79. The predicted octanol–water partition coefficient (Wildman–Crippen LogP) is 1.33. The van der Waals surface area contributed by atoms with E-state index in [-0.39, 0.29) is 25.4 Å². The molecule has 1 spiro atoms. The molecule has 110 valence electrons. The molecule has 20 heavy (non-hydrogen) atoms. The molecule has 0 aliphatic carbocycles. The van der Waals surface area contributed by atoms with Gasteiger partial charge in [-0.15, -0.1) is 0 Å². The number of rotatable bonds is 2. The van der Waals surface area contributed by atoms with Crippen LogP contribution in [0, 0.1) is 12.3 Å². The van der Waals surface area contributed by atoms with Crippen LogP contribution in [0.2, 0.25) is 0 Å². The monoisotopic (exact) mass is 285 g/mol. The molecule has 1 aromatic rings. The Labute approximate surface area is 115 Å². The predicted molar refractivity (Wildman–Crippen MR) is 66.1 cm³/mol. The Morgan fingerprint density at radius 3 is 2.90 bits per heavy atom. The summed E-state index contributed by atoms with van der Waals surface area (Å²) in [4.78, 5) is 13.5. The van der Waals surface area contributed by atoms with Crippen LogP contribution in [0.3, 0.4) is 0 Å².